The lowest BCUT2D eigenvalue weighted by Crippen LogP contribution is -2.52. The van der Waals surface area contributed by atoms with Crippen LogP contribution in [0.2, 0.25) is 0 Å². The minimum absolute atomic E-state index is 0.0665. The van der Waals surface area contributed by atoms with Crippen LogP contribution in [0.5, 0.6) is 0 Å². The second-order valence-corrected chi connectivity index (χ2v) is 9.37. The van der Waals surface area contributed by atoms with Crippen molar-refractivity contribution < 1.29 is 20.1 Å². The fourth-order valence-corrected chi connectivity index (χ4v) is 6.36. The molecule has 0 unspecified atom stereocenters. The van der Waals surface area contributed by atoms with Gasteiger partial charge in [0.2, 0.25) is 0 Å². The maximum Gasteiger partial charge on any atom is 0.303 e. The van der Waals surface area contributed by atoms with E-state index in [2.05, 4.69) is 20.4 Å². The van der Waals surface area contributed by atoms with E-state index in [1.807, 2.05) is 0 Å². The van der Waals surface area contributed by atoms with Crippen molar-refractivity contribution in [2.75, 3.05) is 0 Å². The monoisotopic (exact) mass is 350 g/mol. The van der Waals surface area contributed by atoms with E-state index >= 15 is 0 Å². The molecular weight excluding hydrogens is 316 g/mol. The number of rotatable bonds is 4. The quantitative estimate of drug-likeness (QED) is 0.675. The van der Waals surface area contributed by atoms with E-state index in [0.717, 1.165) is 38.5 Å². The van der Waals surface area contributed by atoms with E-state index in [-0.39, 0.29) is 47.2 Å². The largest absolute Gasteiger partial charge is 0.481 e. The standard InChI is InChI=1S/C21H34O4/c1-13-4-6-16-19(25)17(9-11-20(13,16)2)21(3)10-8-15(22)12-14(21)5-7-18(23)24/h14-17,19,22,25H,1,4-12H2,2-3H3,(H,23,24)/t14-,15-,16-,17-,19-,20+,21-/m0/s1. The molecule has 4 heteroatoms. The number of allylic oxidation sites excluding steroid dienone is 1. The van der Waals surface area contributed by atoms with Crippen LogP contribution in [0.1, 0.15) is 71.6 Å². The molecule has 3 rings (SSSR count). The third kappa shape index (κ3) is 3.16. The maximum absolute atomic E-state index is 11.3. The first-order valence-electron chi connectivity index (χ1n) is 9.94. The highest BCUT2D eigenvalue weighted by Crippen LogP contribution is 2.61. The van der Waals surface area contributed by atoms with E-state index < -0.39 is 5.97 Å². The second kappa shape index (κ2) is 6.70. The highest BCUT2D eigenvalue weighted by Gasteiger charge is 2.56. The molecule has 25 heavy (non-hydrogen) atoms. The molecule has 3 saturated carbocycles. The molecule has 3 aliphatic carbocycles. The predicted octanol–water partition coefficient (Wildman–Crippen LogP) is 3.76. The van der Waals surface area contributed by atoms with Crippen LogP contribution >= 0.6 is 0 Å². The van der Waals surface area contributed by atoms with Gasteiger partial charge in [0.05, 0.1) is 12.2 Å². The number of carbonyl (C=O) groups is 1. The Labute approximate surface area is 151 Å². The Kier molecular flexibility index (Phi) is 5.06. The smallest absolute Gasteiger partial charge is 0.303 e. The van der Waals surface area contributed by atoms with Crippen molar-refractivity contribution in [2.24, 2.45) is 28.6 Å². The van der Waals surface area contributed by atoms with Gasteiger partial charge in [-0.15, -0.1) is 0 Å². The minimum atomic E-state index is -0.772. The number of aliphatic carboxylic acids is 1. The van der Waals surface area contributed by atoms with E-state index in [4.69, 9.17) is 5.11 Å². The average molecular weight is 350 g/mol. The van der Waals surface area contributed by atoms with Crippen LogP contribution in [0, 0.1) is 28.6 Å². The Hall–Kier alpha value is -0.870. The Morgan fingerprint density at radius 3 is 2.56 bits per heavy atom. The van der Waals surface area contributed by atoms with Gasteiger partial charge in [-0.05, 0) is 80.0 Å². The lowest BCUT2D eigenvalue weighted by atomic mass is 9.51. The number of aliphatic hydroxyl groups excluding tert-OH is 2. The molecule has 0 aromatic rings. The number of fused-ring (bicyclic) bond motifs is 1. The third-order valence-electron chi connectivity index (χ3n) is 8.24. The van der Waals surface area contributed by atoms with E-state index in [1.54, 1.807) is 0 Å². The topological polar surface area (TPSA) is 77.8 Å². The van der Waals surface area contributed by atoms with Crippen LogP contribution in [0.15, 0.2) is 12.2 Å². The van der Waals surface area contributed by atoms with Crippen molar-refractivity contribution in [2.45, 2.75) is 83.8 Å². The summed E-state index contributed by atoms with van der Waals surface area (Å²) in [7, 11) is 0. The summed E-state index contributed by atoms with van der Waals surface area (Å²) < 4.78 is 0. The summed E-state index contributed by atoms with van der Waals surface area (Å²) in [6, 6.07) is 0. The zero-order valence-electron chi connectivity index (χ0n) is 15.7. The van der Waals surface area contributed by atoms with Gasteiger partial charge in [-0.25, -0.2) is 0 Å². The number of aliphatic hydroxyl groups is 2. The number of carboxylic acid groups (broad SMARTS) is 1. The molecule has 0 amide bonds. The van der Waals surface area contributed by atoms with Gasteiger partial charge in [-0.2, -0.15) is 0 Å². The maximum atomic E-state index is 11.3. The van der Waals surface area contributed by atoms with Crippen LogP contribution in [-0.4, -0.2) is 33.5 Å². The molecule has 7 atom stereocenters. The van der Waals surface area contributed by atoms with Gasteiger partial charge < -0.3 is 15.3 Å². The first-order valence-corrected chi connectivity index (χ1v) is 9.94. The molecule has 142 valence electrons. The molecule has 0 aliphatic heterocycles. The SMILES string of the molecule is C=C1CC[C@H]2[C@H](O)[C@@H]([C@@]3(C)CC[C@H](O)C[C@@H]3CCC(=O)O)CC[C@]12C. The van der Waals surface area contributed by atoms with E-state index in [1.165, 1.54) is 5.57 Å². The zero-order valence-corrected chi connectivity index (χ0v) is 15.7. The minimum Gasteiger partial charge on any atom is -0.481 e. The Bertz CT molecular complexity index is 544. The number of hydrogen-bond donors (Lipinski definition) is 3. The average Bonchev–Trinajstić information content (AvgIpc) is 2.85. The molecule has 0 saturated heterocycles. The Balaban J connectivity index is 1.82. The van der Waals surface area contributed by atoms with Crippen molar-refractivity contribution in [3.63, 3.8) is 0 Å². The van der Waals surface area contributed by atoms with Crippen molar-refractivity contribution in [3.8, 4) is 0 Å². The molecule has 0 aromatic heterocycles. The van der Waals surface area contributed by atoms with Gasteiger partial charge in [0.25, 0.3) is 0 Å². The lowest BCUT2D eigenvalue weighted by molar-refractivity contribution is -0.140. The van der Waals surface area contributed by atoms with Crippen molar-refractivity contribution in [1.82, 2.24) is 0 Å². The molecule has 4 nitrogen and oxygen atoms in total. The summed E-state index contributed by atoms with van der Waals surface area (Å²) in [5.41, 5.74) is 1.28. The van der Waals surface area contributed by atoms with Crippen LogP contribution in [0.25, 0.3) is 0 Å². The van der Waals surface area contributed by atoms with E-state index in [0.29, 0.717) is 12.8 Å². The fraction of sp³-hybridized carbons (Fsp3) is 0.857. The summed E-state index contributed by atoms with van der Waals surface area (Å²) in [6.07, 6.45) is 6.47. The van der Waals surface area contributed by atoms with Gasteiger partial charge in [0.15, 0.2) is 0 Å². The summed E-state index contributed by atoms with van der Waals surface area (Å²) in [5.74, 6) is -0.127. The van der Waals surface area contributed by atoms with Gasteiger partial charge in [-0.1, -0.05) is 26.0 Å². The molecule has 0 radical (unpaired) electrons. The molecule has 3 fully saturated rings. The second-order valence-electron chi connectivity index (χ2n) is 9.37. The van der Waals surface area contributed by atoms with Crippen LogP contribution < -0.4 is 0 Å². The molecule has 0 aromatic carbocycles. The van der Waals surface area contributed by atoms with Gasteiger partial charge in [-0.3, -0.25) is 4.79 Å². The van der Waals surface area contributed by atoms with Crippen LogP contribution in [0.4, 0.5) is 0 Å². The van der Waals surface area contributed by atoms with Crippen LogP contribution in [-0.2, 0) is 4.79 Å². The zero-order chi connectivity index (χ0) is 18.4. The lowest BCUT2D eigenvalue weighted by Gasteiger charge is -2.55. The fourth-order valence-electron chi connectivity index (χ4n) is 6.36. The summed E-state index contributed by atoms with van der Waals surface area (Å²) in [4.78, 5) is 11.1. The van der Waals surface area contributed by atoms with Gasteiger partial charge >= 0.3 is 5.97 Å². The van der Waals surface area contributed by atoms with Gasteiger partial charge in [0.1, 0.15) is 0 Å². The molecule has 0 heterocycles. The van der Waals surface area contributed by atoms with Crippen molar-refractivity contribution in [1.29, 1.82) is 0 Å². The van der Waals surface area contributed by atoms with Crippen LogP contribution in [0.3, 0.4) is 0 Å². The number of carboxylic acids is 1. The molecule has 0 bridgehead atoms. The Morgan fingerprint density at radius 2 is 1.88 bits per heavy atom. The summed E-state index contributed by atoms with van der Waals surface area (Å²) >= 11 is 0. The number of hydrogen-bond acceptors (Lipinski definition) is 3. The molecule has 3 aliphatic rings. The van der Waals surface area contributed by atoms with Crippen molar-refractivity contribution in [3.05, 3.63) is 12.2 Å². The third-order valence-corrected chi connectivity index (χ3v) is 8.24. The molecule has 0 spiro atoms. The summed E-state index contributed by atoms with van der Waals surface area (Å²) in [5, 5.41) is 30.5. The first-order chi connectivity index (χ1) is 11.7. The highest BCUT2D eigenvalue weighted by atomic mass is 16.4. The normalized spacial score (nSPS) is 47.5. The Morgan fingerprint density at radius 1 is 1.16 bits per heavy atom. The summed E-state index contributed by atoms with van der Waals surface area (Å²) in [6.45, 7) is 8.77. The van der Waals surface area contributed by atoms with Gasteiger partial charge in [0, 0.05) is 6.42 Å². The predicted molar refractivity (Wildman–Crippen MR) is 97.0 cm³/mol. The molecule has 3 N–H and O–H groups in total. The first kappa shape index (κ1) is 18.9. The van der Waals surface area contributed by atoms with Crippen molar-refractivity contribution >= 4 is 5.97 Å². The highest BCUT2D eigenvalue weighted by molar-refractivity contribution is 5.66. The van der Waals surface area contributed by atoms with E-state index in [9.17, 15) is 15.0 Å². The molecular formula is C21H34O4.